The zero-order chi connectivity index (χ0) is 42.4. The van der Waals surface area contributed by atoms with Gasteiger partial charge in [0.1, 0.15) is 28.6 Å². The molecule has 4 aliphatic rings. The van der Waals surface area contributed by atoms with E-state index in [1.807, 2.05) is 33.8 Å². The predicted octanol–water partition coefficient (Wildman–Crippen LogP) is 6.15. The summed E-state index contributed by atoms with van der Waals surface area (Å²) in [5, 5.41) is 38.8. The highest BCUT2D eigenvalue weighted by Crippen LogP contribution is 2.50. The Morgan fingerprint density at radius 1 is 1.03 bits per heavy atom. The number of piperidine rings is 1. The number of ether oxygens (including phenoxy) is 3. The van der Waals surface area contributed by atoms with Gasteiger partial charge in [0.15, 0.2) is 11.4 Å². The van der Waals surface area contributed by atoms with Gasteiger partial charge in [0.2, 0.25) is 0 Å². The van der Waals surface area contributed by atoms with Crippen LogP contribution in [0.15, 0.2) is 46.1 Å². The summed E-state index contributed by atoms with van der Waals surface area (Å²) in [6.07, 6.45) is 9.32. The van der Waals surface area contributed by atoms with Gasteiger partial charge in [0.25, 0.3) is 11.7 Å². The lowest BCUT2D eigenvalue weighted by Crippen LogP contribution is -2.43. The number of rotatable bonds is 3. The van der Waals surface area contributed by atoms with Gasteiger partial charge in [-0.3, -0.25) is 24.4 Å². The SMILES string of the molecule is CC(=O)OC1[C@H](C)C/C=C/OC2(C)Oc3c(C)c(O)c4c(O)c(c5c(c4c3C2=O)=NC2(CCN(CC(C)C)CC2)N=5)NC(=O)/C(C)=C\C=C\C(C)C[C@@H](C)[C@@H](O)[C@H]1C. The van der Waals surface area contributed by atoms with E-state index in [1.165, 1.54) is 20.1 Å². The minimum absolute atomic E-state index is 0.00152. The molecule has 3 unspecified atom stereocenters. The van der Waals surface area contributed by atoms with Crippen LogP contribution in [0.5, 0.6) is 17.2 Å². The molecule has 1 amide bonds. The smallest absolute Gasteiger partial charge is 0.312 e. The Hall–Kier alpha value is -4.75. The first-order chi connectivity index (χ1) is 27.3. The van der Waals surface area contributed by atoms with Crippen molar-refractivity contribution in [2.75, 3.05) is 25.0 Å². The lowest BCUT2D eigenvalue weighted by Gasteiger charge is -2.36. The second-order valence-corrected chi connectivity index (χ2v) is 17.6. The molecule has 1 saturated heterocycles. The summed E-state index contributed by atoms with van der Waals surface area (Å²) in [6, 6.07) is 0. The second kappa shape index (κ2) is 16.5. The first-order valence-electron chi connectivity index (χ1n) is 20.6. The third-order valence-corrected chi connectivity index (χ3v) is 12.2. The largest absolute Gasteiger partial charge is 0.507 e. The van der Waals surface area contributed by atoms with Crippen molar-refractivity contribution in [3.05, 3.63) is 58.0 Å². The van der Waals surface area contributed by atoms with Crippen molar-refractivity contribution in [3.63, 3.8) is 0 Å². The van der Waals surface area contributed by atoms with E-state index in [4.69, 9.17) is 24.2 Å². The van der Waals surface area contributed by atoms with Crippen LogP contribution >= 0.6 is 0 Å². The molecular formula is C45H60N4O9. The van der Waals surface area contributed by atoms with Crippen molar-refractivity contribution < 1.29 is 43.9 Å². The van der Waals surface area contributed by atoms with E-state index in [-0.39, 0.29) is 67.6 Å². The molecule has 6 rings (SSSR count). The van der Waals surface area contributed by atoms with Crippen molar-refractivity contribution in [2.24, 2.45) is 39.6 Å². The van der Waals surface area contributed by atoms with Crippen LogP contribution in [0.3, 0.4) is 0 Å². The molecule has 2 aromatic rings. The highest BCUT2D eigenvalue weighted by atomic mass is 16.7. The third-order valence-electron chi connectivity index (χ3n) is 12.2. The second-order valence-electron chi connectivity index (χ2n) is 17.6. The Bertz CT molecular complexity index is 2200. The average molecular weight is 801 g/mol. The summed E-state index contributed by atoms with van der Waals surface area (Å²) in [4.78, 5) is 53.4. The number of likely N-dealkylation sites (tertiary alicyclic amines) is 1. The summed E-state index contributed by atoms with van der Waals surface area (Å²) in [7, 11) is 0. The molecule has 1 spiro atoms. The fraction of sp³-hybridized carbons (Fsp3) is 0.578. The monoisotopic (exact) mass is 800 g/mol. The minimum atomic E-state index is -1.85. The fourth-order valence-electron chi connectivity index (χ4n) is 8.99. The van der Waals surface area contributed by atoms with Crippen molar-refractivity contribution in [3.8, 4) is 17.2 Å². The molecule has 0 saturated carbocycles. The third kappa shape index (κ3) is 8.12. The molecule has 7 atom stereocenters. The molecule has 13 heteroatoms. The van der Waals surface area contributed by atoms with Crippen molar-refractivity contribution in [2.45, 2.75) is 119 Å². The molecule has 58 heavy (non-hydrogen) atoms. The lowest BCUT2D eigenvalue weighted by atomic mass is 9.80. The highest BCUT2D eigenvalue weighted by Gasteiger charge is 2.50. The van der Waals surface area contributed by atoms with Crippen LogP contribution in [0.25, 0.3) is 10.8 Å². The molecule has 1 fully saturated rings. The van der Waals surface area contributed by atoms with E-state index in [9.17, 15) is 29.7 Å². The number of ketones is 1. The summed E-state index contributed by atoms with van der Waals surface area (Å²) < 4.78 is 18.1. The molecule has 0 aliphatic carbocycles. The van der Waals surface area contributed by atoms with Crippen LogP contribution in [-0.4, -0.2) is 81.2 Å². The molecule has 4 heterocycles. The maximum Gasteiger partial charge on any atom is 0.312 e. The van der Waals surface area contributed by atoms with E-state index < -0.39 is 53.0 Å². The number of fused-ring (bicyclic) bond motifs is 1. The molecule has 13 nitrogen and oxygen atoms in total. The first kappa shape index (κ1) is 42.8. The number of phenols is 2. The number of carbonyl (C=O) groups is 3. The van der Waals surface area contributed by atoms with E-state index >= 15 is 0 Å². The summed E-state index contributed by atoms with van der Waals surface area (Å²) >= 11 is 0. The topological polar surface area (TPSA) is 180 Å². The van der Waals surface area contributed by atoms with Crippen molar-refractivity contribution in [1.82, 2.24) is 4.90 Å². The predicted molar refractivity (Wildman–Crippen MR) is 220 cm³/mol. The Balaban J connectivity index is 1.51. The maximum absolute atomic E-state index is 14.6. The number of amides is 1. The molecule has 314 valence electrons. The Labute approximate surface area is 340 Å². The summed E-state index contributed by atoms with van der Waals surface area (Å²) in [6.45, 7) is 20.6. The maximum atomic E-state index is 14.6. The minimum Gasteiger partial charge on any atom is -0.507 e. The number of aliphatic hydroxyl groups excluding tert-OH is 1. The number of phenolic OH excluding ortho intramolecular Hbond substituents is 2. The molecular weight excluding hydrogens is 741 g/mol. The van der Waals surface area contributed by atoms with Crippen molar-refractivity contribution >= 4 is 34.1 Å². The van der Waals surface area contributed by atoms with Gasteiger partial charge in [-0.05, 0) is 56.4 Å². The van der Waals surface area contributed by atoms with Gasteiger partial charge in [-0.25, -0.2) is 0 Å². The lowest BCUT2D eigenvalue weighted by molar-refractivity contribution is -0.156. The fourth-order valence-corrected chi connectivity index (χ4v) is 8.99. The van der Waals surface area contributed by atoms with E-state index in [0.717, 1.165) is 19.6 Å². The van der Waals surface area contributed by atoms with Gasteiger partial charge in [-0.2, -0.15) is 0 Å². The quantitative estimate of drug-likeness (QED) is 0.208. The van der Waals surface area contributed by atoms with Crippen LogP contribution in [0.4, 0.5) is 5.69 Å². The number of nitrogens with zero attached hydrogens (tertiary/aromatic N) is 3. The standard InChI is InChI=1S/C45H60N4O9/c1-23(2)22-49-18-16-45(17-19-49)47-34-31-32-38(52)29(8)41-33(31)42(54)44(10,58-41)56-20-12-15-25(4)40(57-30(9)50)28(7)37(51)27(6)21-24(3)13-11-14-26(5)43(55)46-36(39(32)53)35(34)48-45/h11-14,20,23-25,27-28,37,40,51-53H,15-19,21-22H2,1-10H3,(H,46,55)/b13-11+,20-12+,26-14-/t24?,25-,27-,28-,37-,40?,44?/m1/s1. The van der Waals surface area contributed by atoms with E-state index in [0.29, 0.717) is 37.2 Å². The number of allylic oxidation sites excluding steroid dienone is 4. The van der Waals surface area contributed by atoms with Gasteiger partial charge >= 0.3 is 11.8 Å². The molecule has 4 bridgehead atoms. The average Bonchev–Trinajstić information content (AvgIpc) is 3.66. The molecule has 0 radical (unpaired) electrons. The van der Waals surface area contributed by atoms with Crippen LogP contribution < -0.4 is 20.8 Å². The number of nitrogens with one attached hydrogen (secondary N) is 1. The Kier molecular flexibility index (Phi) is 12.2. The number of carbonyl (C=O) groups excluding carboxylic acids is 3. The number of hydrogen-bond acceptors (Lipinski definition) is 12. The normalized spacial score (nSPS) is 31.1. The van der Waals surface area contributed by atoms with Gasteiger partial charge in [0, 0.05) is 68.8 Å². The Morgan fingerprint density at radius 2 is 1.71 bits per heavy atom. The van der Waals surface area contributed by atoms with Crippen molar-refractivity contribution in [1.29, 1.82) is 0 Å². The number of hydrogen-bond donors (Lipinski definition) is 4. The first-order valence-corrected chi connectivity index (χ1v) is 20.6. The summed E-state index contributed by atoms with van der Waals surface area (Å²) in [5.41, 5.74) is -0.282. The van der Waals surface area contributed by atoms with Gasteiger partial charge in [0.05, 0.1) is 28.7 Å². The molecule has 2 aromatic carbocycles. The molecule has 4 aliphatic heterocycles. The number of benzene rings is 2. The number of Topliss-reactive ketones (excluding diaryl/α,β-unsaturated/α-hetero) is 1. The van der Waals surface area contributed by atoms with E-state index in [2.05, 4.69) is 24.1 Å². The zero-order valence-electron chi connectivity index (χ0n) is 35.5. The number of aromatic hydroxyl groups is 2. The van der Waals surface area contributed by atoms with Crippen LogP contribution in [-0.2, 0) is 19.1 Å². The van der Waals surface area contributed by atoms with Crippen LogP contribution in [0, 0.1) is 36.5 Å². The van der Waals surface area contributed by atoms with Crippen LogP contribution in [0.2, 0.25) is 0 Å². The van der Waals surface area contributed by atoms with Gasteiger partial charge in [-0.1, -0.05) is 59.8 Å². The Morgan fingerprint density at radius 3 is 2.36 bits per heavy atom. The zero-order valence-corrected chi connectivity index (χ0v) is 35.5. The van der Waals surface area contributed by atoms with Gasteiger partial charge in [-0.15, -0.1) is 0 Å². The molecule has 0 aromatic heterocycles. The molecule has 4 N–H and O–H groups in total. The highest BCUT2D eigenvalue weighted by molar-refractivity contribution is 6.19. The van der Waals surface area contributed by atoms with E-state index in [1.54, 1.807) is 32.1 Å². The number of aliphatic hydroxyl groups is 1. The van der Waals surface area contributed by atoms with Crippen LogP contribution in [0.1, 0.15) is 104 Å². The summed E-state index contributed by atoms with van der Waals surface area (Å²) in [5.74, 6) is -4.28. The number of esters is 1. The van der Waals surface area contributed by atoms with Gasteiger partial charge < -0.3 is 39.7 Å². The number of anilines is 1.